The molecule has 0 saturated heterocycles. The van der Waals surface area contributed by atoms with E-state index >= 15 is 0 Å². The molecule has 0 aromatic heterocycles. The van der Waals surface area contributed by atoms with Gasteiger partial charge < -0.3 is 10.1 Å². The van der Waals surface area contributed by atoms with Gasteiger partial charge in [0.1, 0.15) is 11.6 Å². The number of aryl methyl sites for hydroxylation is 1. The third-order valence-electron chi connectivity index (χ3n) is 4.97. The van der Waals surface area contributed by atoms with E-state index in [9.17, 15) is 14.0 Å². The van der Waals surface area contributed by atoms with Crippen molar-refractivity contribution in [3.63, 3.8) is 0 Å². The molecule has 0 radical (unpaired) electrons. The van der Waals surface area contributed by atoms with Gasteiger partial charge >= 0.3 is 0 Å². The number of fused-ring (bicyclic) bond motifs is 1. The molecule has 4 nitrogen and oxygen atoms in total. The number of para-hydroxylation sites is 1. The van der Waals surface area contributed by atoms with E-state index in [0.29, 0.717) is 5.56 Å². The minimum absolute atomic E-state index is 0.145. The highest BCUT2D eigenvalue weighted by atomic mass is 19.1. The third-order valence-corrected chi connectivity index (χ3v) is 4.97. The molecule has 0 bridgehead atoms. The molecular weight excluding hydrogens is 345 g/mol. The van der Waals surface area contributed by atoms with Crippen LogP contribution in [0.3, 0.4) is 0 Å². The van der Waals surface area contributed by atoms with E-state index in [-0.39, 0.29) is 47.9 Å². The van der Waals surface area contributed by atoms with Gasteiger partial charge in [0.05, 0.1) is 5.56 Å². The second kappa shape index (κ2) is 7.51. The number of ketones is 1. The van der Waals surface area contributed by atoms with Crippen LogP contribution in [-0.2, 0) is 4.79 Å². The van der Waals surface area contributed by atoms with Gasteiger partial charge in [-0.15, -0.1) is 0 Å². The number of nitrogens with one attached hydrogen (secondary N) is 1. The van der Waals surface area contributed by atoms with E-state index in [1.165, 1.54) is 12.1 Å². The number of rotatable bonds is 5. The van der Waals surface area contributed by atoms with Gasteiger partial charge in [-0.2, -0.15) is 0 Å². The molecule has 27 heavy (non-hydrogen) atoms. The second-order valence-electron chi connectivity index (χ2n) is 7.39. The molecule has 1 aliphatic rings. The van der Waals surface area contributed by atoms with Crippen molar-refractivity contribution in [1.82, 2.24) is 0 Å². The van der Waals surface area contributed by atoms with Crippen LogP contribution >= 0.6 is 0 Å². The monoisotopic (exact) mass is 369 g/mol. The highest BCUT2D eigenvalue weighted by molar-refractivity contribution is 6.04. The number of anilines is 1. The van der Waals surface area contributed by atoms with E-state index < -0.39 is 5.82 Å². The molecule has 0 heterocycles. The minimum atomic E-state index is -0.401. The van der Waals surface area contributed by atoms with Gasteiger partial charge in [-0.1, -0.05) is 39.0 Å². The zero-order chi connectivity index (χ0) is 19.7. The molecule has 1 N–H and O–H groups in total. The summed E-state index contributed by atoms with van der Waals surface area (Å²) in [6.07, 6.45) is 0.264. The minimum Gasteiger partial charge on any atom is -0.483 e. The Labute approximate surface area is 158 Å². The summed E-state index contributed by atoms with van der Waals surface area (Å²) < 4.78 is 19.7. The number of benzene rings is 2. The Morgan fingerprint density at radius 2 is 2.04 bits per heavy atom. The lowest BCUT2D eigenvalue weighted by molar-refractivity contribution is -0.118. The molecule has 2 aromatic carbocycles. The fraction of sp³-hybridized carbons (Fsp3) is 0.364. The topological polar surface area (TPSA) is 55.4 Å². The molecule has 0 unspecified atom stereocenters. The van der Waals surface area contributed by atoms with Gasteiger partial charge in [0.15, 0.2) is 12.4 Å². The number of carbonyl (C=O) groups is 2. The first-order valence-corrected chi connectivity index (χ1v) is 9.17. The van der Waals surface area contributed by atoms with Gasteiger partial charge in [-0.25, -0.2) is 4.39 Å². The summed E-state index contributed by atoms with van der Waals surface area (Å²) in [5.41, 5.74) is 3.47. The van der Waals surface area contributed by atoms with E-state index in [1.54, 1.807) is 0 Å². The van der Waals surface area contributed by atoms with Crippen LogP contribution in [0.5, 0.6) is 5.75 Å². The SMILES string of the molecule is Cc1cccc(C(C)C)c1NC(=O)COc1ccc(F)c2c1C(=O)C[C@H]2C. The average molecular weight is 369 g/mol. The van der Waals surface area contributed by atoms with Gasteiger partial charge in [-0.3, -0.25) is 9.59 Å². The van der Waals surface area contributed by atoms with Crippen molar-refractivity contribution in [2.75, 3.05) is 11.9 Å². The Hall–Kier alpha value is -2.69. The number of amides is 1. The molecule has 0 spiro atoms. The molecule has 0 fully saturated rings. The first-order valence-electron chi connectivity index (χ1n) is 9.17. The van der Waals surface area contributed by atoms with E-state index in [1.807, 2.05) is 32.0 Å². The lowest BCUT2D eigenvalue weighted by Crippen LogP contribution is -2.22. The summed E-state index contributed by atoms with van der Waals surface area (Å²) in [6, 6.07) is 8.60. The lowest BCUT2D eigenvalue weighted by atomic mass is 9.98. The number of halogens is 1. The zero-order valence-corrected chi connectivity index (χ0v) is 16.1. The van der Waals surface area contributed by atoms with Crippen LogP contribution in [0.25, 0.3) is 0 Å². The molecular formula is C22H24FNO3. The molecule has 1 amide bonds. The van der Waals surface area contributed by atoms with Crippen molar-refractivity contribution in [3.8, 4) is 5.75 Å². The number of carbonyl (C=O) groups excluding carboxylic acids is 2. The maximum Gasteiger partial charge on any atom is 0.262 e. The van der Waals surface area contributed by atoms with Crippen molar-refractivity contribution < 1.29 is 18.7 Å². The fourth-order valence-corrected chi connectivity index (χ4v) is 3.61. The molecule has 142 valence electrons. The number of ether oxygens (including phenoxy) is 1. The van der Waals surface area contributed by atoms with Crippen LogP contribution in [0, 0.1) is 12.7 Å². The van der Waals surface area contributed by atoms with Crippen LogP contribution < -0.4 is 10.1 Å². The molecule has 5 heteroatoms. The summed E-state index contributed by atoms with van der Waals surface area (Å²) >= 11 is 0. The van der Waals surface area contributed by atoms with Crippen molar-refractivity contribution >= 4 is 17.4 Å². The predicted molar refractivity (Wildman–Crippen MR) is 103 cm³/mol. The van der Waals surface area contributed by atoms with Crippen LogP contribution in [0.15, 0.2) is 30.3 Å². The normalized spacial score (nSPS) is 15.8. The lowest BCUT2D eigenvalue weighted by Gasteiger charge is -2.17. The Morgan fingerprint density at radius 1 is 1.30 bits per heavy atom. The summed E-state index contributed by atoms with van der Waals surface area (Å²) in [4.78, 5) is 24.6. The van der Waals surface area contributed by atoms with Gasteiger partial charge in [0.25, 0.3) is 5.91 Å². The Balaban J connectivity index is 1.76. The third kappa shape index (κ3) is 3.72. The Bertz CT molecular complexity index is 905. The zero-order valence-electron chi connectivity index (χ0n) is 16.1. The number of hydrogen-bond acceptors (Lipinski definition) is 3. The van der Waals surface area contributed by atoms with Crippen molar-refractivity contribution in [1.29, 1.82) is 0 Å². The molecule has 1 aliphatic carbocycles. The van der Waals surface area contributed by atoms with Gasteiger partial charge in [0.2, 0.25) is 0 Å². The van der Waals surface area contributed by atoms with Crippen LogP contribution in [0.2, 0.25) is 0 Å². The average Bonchev–Trinajstić information content (AvgIpc) is 2.91. The first kappa shape index (κ1) is 19.1. The first-order chi connectivity index (χ1) is 12.8. The second-order valence-corrected chi connectivity index (χ2v) is 7.39. The molecule has 3 rings (SSSR count). The number of hydrogen-bond donors (Lipinski definition) is 1. The highest BCUT2D eigenvalue weighted by Gasteiger charge is 2.32. The summed E-state index contributed by atoms with van der Waals surface area (Å²) in [7, 11) is 0. The van der Waals surface area contributed by atoms with E-state index in [4.69, 9.17) is 4.74 Å². The Morgan fingerprint density at radius 3 is 2.74 bits per heavy atom. The van der Waals surface area contributed by atoms with E-state index in [2.05, 4.69) is 19.2 Å². The smallest absolute Gasteiger partial charge is 0.262 e. The molecule has 2 aromatic rings. The molecule has 0 saturated carbocycles. The van der Waals surface area contributed by atoms with Crippen molar-refractivity contribution in [2.45, 2.75) is 46.0 Å². The van der Waals surface area contributed by atoms with Crippen molar-refractivity contribution in [2.24, 2.45) is 0 Å². The van der Waals surface area contributed by atoms with Crippen LogP contribution in [0.1, 0.15) is 66.1 Å². The van der Waals surface area contributed by atoms with Gasteiger partial charge in [0, 0.05) is 17.7 Å². The van der Waals surface area contributed by atoms with E-state index in [0.717, 1.165) is 16.8 Å². The van der Waals surface area contributed by atoms with Crippen LogP contribution in [-0.4, -0.2) is 18.3 Å². The predicted octanol–water partition coefficient (Wildman–Crippen LogP) is 4.96. The van der Waals surface area contributed by atoms with Crippen LogP contribution in [0.4, 0.5) is 10.1 Å². The summed E-state index contributed by atoms with van der Waals surface area (Å²) in [6.45, 7) is 7.64. The molecule has 1 atom stereocenters. The highest BCUT2D eigenvalue weighted by Crippen LogP contribution is 2.39. The maximum absolute atomic E-state index is 14.1. The van der Waals surface area contributed by atoms with Crippen molar-refractivity contribution in [3.05, 3.63) is 58.4 Å². The summed E-state index contributed by atoms with van der Waals surface area (Å²) in [5.74, 6) is -0.506. The van der Waals surface area contributed by atoms with Gasteiger partial charge in [-0.05, 0) is 42.0 Å². The standard InChI is InChI=1S/C22H24FNO3/c1-12(2)15-7-5-6-13(3)22(15)24-19(26)11-27-18-9-8-16(23)20-14(4)10-17(25)21(18)20/h5-9,12,14H,10-11H2,1-4H3,(H,24,26)/t14-/m1/s1. The maximum atomic E-state index is 14.1. The fourth-order valence-electron chi connectivity index (χ4n) is 3.61. The largest absolute Gasteiger partial charge is 0.483 e. The molecule has 0 aliphatic heterocycles. The Kier molecular flexibility index (Phi) is 5.31. The number of Topliss-reactive ketones (excluding diaryl/α,β-unsaturated/α-hetero) is 1. The quantitative estimate of drug-likeness (QED) is 0.810. The summed E-state index contributed by atoms with van der Waals surface area (Å²) in [5, 5.41) is 2.91.